The molecular formula is C21H26Cl4N2O2. The molecule has 0 radical (unpaired) electrons. The van der Waals surface area contributed by atoms with Crippen molar-refractivity contribution in [1.82, 2.24) is 9.80 Å². The Morgan fingerprint density at radius 3 is 1.66 bits per heavy atom. The zero-order chi connectivity index (χ0) is 19.6. The van der Waals surface area contributed by atoms with Gasteiger partial charge in [0.2, 0.25) is 0 Å². The Hall–Kier alpha value is -1.01. The Bertz CT molecular complexity index is 729. The van der Waals surface area contributed by atoms with Crippen molar-refractivity contribution in [3.63, 3.8) is 0 Å². The van der Waals surface area contributed by atoms with Crippen molar-refractivity contribution in [2.75, 3.05) is 19.6 Å². The van der Waals surface area contributed by atoms with E-state index in [0.29, 0.717) is 10.0 Å². The minimum atomic E-state index is -0.783. The van der Waals surface area contributed by atoms with Crippen LogP contribution in [0.5, 0.6) is 0 Å². The largest absolute Gasteiger partial charge is 0.480 e. The maximum absolute atomic E-state index is 11.2. The van der Waals surface area contributed by atoms with E-state index in [9.17, 15) is 9.90 Å². The monoisotopic (exact) mass is 478 g/mol. The molecule has 8 heteroatoms. The molecule has 0 aromatic heterocycles. The summed E-state index contributed by atoms with van der Waals surface area (Å²) in [6.07, 6.45) is 0. The van der Waals surface area contributed by atoms with Gasteiger partial charge in [-0.25, -0.2) is 0 Å². The summed E-state index contributed by atoms with van der Waals surface area (Å²) < 4.78 is 0. The first-order valence-electron chi connectivity index (χ1n) is 9.07. The maximum atomic E-state index is 11.2. The van der Waals surface area contributed by atoms with Crippen LogP contribution in [0, 0.1) is 0 Å². The highest BCUT2D eigenvalue weighted by Crippen LogP contribution is 2.33. The Balaban J connectivity index is 0.00000210. The van der Waals surface area contributed by atoms with Gasteiger partial charge in [0.05, 0.1) is 12.6 Å². The number of carbonyl (C=O) groups is 1. The summed E-state index contributed by atoms with van der Waals surface area (Å²) in [5, 5.41) is 10.6. The van der Waals surface area contributed by atoms with Crippen LogP contribution in [-0.2, 0) is 4.79 Å². The molecule has 1 saturated heterocycles. The summed E-state index contributed by atoms with van der Waals surface area (Å²) in [5.74, 6) is -0.783. The number of nitrogens with zero attached hydrogens (tertiary/aromatic N) is 2. The topological polar surface area (TPSA) is 43.8 Å². The minimum Gasteiger partial charge on any atom is -0.480 e. The predicted octanol–water partition coefficient (Wildman–Crippen LogP) is 5.41. The molecule has 1 N–H and O–H groups in total. The van der Waals surface area contributed by atoms with Crippen LogP contribution in [0.2, 0.25) is 10.0 Å². The van der Waals surface area contributed by atoms with Crippen LogP contribution in [0.1, 0.15) is 31.0 Å². The van der Waals surface area contributed by atoms with E-state index in [1.807, 2.05) is 24.3 Å². The van der Waals surface area contributed by atoms with Gasteiger partial charge in [-0.15, -0.1) is 24.8 Å². The van der Waals surface area contributed by atoms with Gasteiger partial charge in [0.1, 0.15) is 0 Å². The second-order valence-corrected chi connectivity index (χ2v) is 8.10. The van der Waals surface area contributed by atoms with Crippen LogP contribution in [0.15, 0.2) is 48.5 Å². The number of hydrogen-bond acceptors (Lipinski definition) is 3. The van der Waals surface area contributed by atoms with E-state index in [4.69, 9.17) is 23.2 Å². The molecule has 4 nitrogen and oxygen atoms in total. The van der Waals surface area contributed by atoms with Crippen LogP contribution in [0.3, 0.4) is 0 Å². The molecule has 160 valence electrons. The third-order valence-electron chi connectivity index (χ3n) is 5.18. The van der Waals surface area contributed by atoms with E-state index in [2.05, 4.69) is 47.9 Å². The third kappa shape index (κ3) is 6.48. The van der Waals surface area contributed by atoms with Crippen molar-refractivity contribution in [2.24, 2.45) is 0 Å². The maximum Gasteiger partial charge on any atom is 0.317 e. The van der Waals surface area contributed by atoms with Crippen molar-refractivity contribution in [3.05, 3.63) is 69.7 Å². The molecule has 1 aliphatic rings. The van der Waals surface area contributed by atoms with Crippen LogP contribution < -0.4 is 0 Å². The minimum absolute atomic E-state index is 0. The van der Waals surface area contributed by atoms with Gasteiger partial charge in [-0.3, -0.25) is 14.6 Å². The molecule has 0 aliphatic carbocycles. The highest BCUT2D eigenvalue weighted by molar-refractivity contribution is 6.30. The molecule has 0 bridgehead atoms. The van der Waals surface area contributed by atoms with E-state index < -0.39 is 5.97 Å². The molecule has 1 heterocycles. The van der Waals surface area contributed by atoms with Crippen LogP contribution in [0.4, 0.5) is 0 Å². The number of benzene rings is 2. The van der Waals surface area contributed by atoms with Gasteiger partial charge < -0.3 is 5.11 Å². The quantitative estimate of drug-likeness (QED) is 0.622. The van der Waals surface area contributed by atoms with Gasteiger partial charge in [0.25, 0.3) is 0 Å². The molecule has 29 heavy (non-hydrogen) atoms. The molecule has 0 spiro atoms. The molecule has 0 unspecified atom stereocenters. The molecule has 3 rings (SSSR count). The molecule has 2 atom stereocenters. The number of carboxylic acids is 1. The van der Waals surface area contributed by atoms with Crippen molar-refractivity contribution >= 4 is 54.0 Å². The first-order valence-corrected chi connectivity index (χ1v) is 9.83. The first-order chi connectivity index (χ1) is 12.8. The lowest BCUT2D eigenvalue weighted by atomic mass is 9.94. The number of piperazine rings is 1. The standard InChI is InChI=1S/C21H24Cl2N2O2.2ClH/c1-14-11-24(12-15(2)25(14)13-20(26)27)21(16-3-7-18(22)8-4-16)17-5-9-19(23)10-6-17;;/h3-10,14-15,21H,11-13H2,1-2H3,(H,26,27);2*1H/t14-,15+;;. The summed E-state index contributed by atoms with van der Waals surface area (Å²) in [6, 6.07) is 16.2. The van der Waals surface area contributed by atoms with E-state index in [1.54, 1.807) is 0 Å². The van der Waals surface area contributed by atoms with Gasteiger partial charge in [-0.2, -0.15) is 0 Å². The smallest absolute Gasteiger partial charge is 0.317 e. The molecule has 2 aromatic rings. The Morgan fingerprint density at radius 2 is 1.31 bits per heavy atom. The van der Waals surface area contributed by atoms with E-state index >= 15 is 0 Å². The van der Waals surface area contributed by atoms with Crippen LogP contribution in [0.25, 0.3) is 0 Å². The fourth-order valence-electron chi connectivity index (χ4n) is 3.98. The van der Waals surface area contributed by atoms with Gasteiger partial charge in [-0.05, 0) is 49.2 Å². The lowest BCUT2D eigenvalue weighted by molar-refractivity contribution is -0.140. The normalized spacial score (nSPS) is 20.0. The van der Waals surface area contributed by atoms with Crippen molar-refractivity contribution in [2.45, 2.75) is 32.0 Å². The van der Waals surface area contributed by atoms with Gasteiger partial charge in [0, 0.05) is 35.2 Å². The number of rotatable bonds is 5. The highest BCUT2D eigenvalue weighted by atomic mass is 35.5. The summed E-state index contributed by atoms with van der Waals surface area (Å²) in [5.41, 5.74) is 2.32. The summed E-state index contributed by atoms with van der Waals surface area (Å²) >= 11 is 12.2. The van der Waals surface area contributed by atoms with E-state index in [1.165, 1.54) is 0 Å². The lowest BCUT2D eigenvalue weighted by Crippen LogP contribution is -2.58. The van der Waals surface area contributed by atoms with Crippen molar-refractivity contribution in [1.29, 1.82) is 0 Å². The van der Waals surface area contributed by atoms with Gasteiger partial charge in [-0.1, -0.05) is 47.5 Å². The van der Waals surface area contributed by atoms with Gasteiger partial charge in [0.15, 0.2) is 0 Å². The predicted molar refractivity (Wildman–Crippen MR) is 124 cm³/mol. The Kier molecular flexibility index (Phi) is 10.2. The Labute approximate surface area is 194 Å². The average molecular weight is 480 g/mol. The number of carboxylic acid groups (broad SMARTS) is 1. The number of halogens is 4. The lowest BCUT2D eigenvalue weighted by Gasteiger charge is -2.46. The molecule has 2 aromatic carbocycles. The first kappa shape index (κ1) is 26.0. The van der Waals surface area contributed by atoms with Crippen LogP contribution >= 0.6 is 48.0 Å². The van der Waals surface area contributed by atoms with E-state index in [0.717, 1.165) is 24.2 Å². The van der Waals surface area contributed by atoms with Crippen molar-refractivity contribution in [3.8, 4) is 0 Å². The molecule has 0 amide bonds. The van der Waals surface area contributed by atoms with Crippen molar-refractivity contribution < 1.29 is 9.90 Å². The molecule has 1 fully saturated rings. The molecule has 1 aliphatic heterocycles. The number of hydrogen-bond donors (Lipinski definition) is 1. The fourth-order valence-corrected chi connectivity index (χ4v) is 4.23. The second kappa shape index (κ2) is 11.4. The van der Waals surface area contributed by atoms with E-state index in [-0.39, 0.29) is 49.5 Å². The summed E-state index contributed by atoms with van der Waals surface area (Å²) in [7, 11) is 0. The average Bonchev–Trinajstić information content (AvgIpc) is 2.61. The summed E-state index contributed by atoms with van der Waals surface area (Å²) in [4.78, 5) is 15.7. The Morgan fingerprint density at radius 1 is 0.931 bits per heavy atom. The highest BCUT2D eigenvalue weighted by Gasteiger charge is 2.34. The fraction of sp³-hybridized carbons (Fsp3) is 0.381. The second-order valence-electron chi connectivity index (χ2n) is 7.22. The molecular weight excluding hydrogens is 454 g/mol. The third-order valence-corrected chi connectivity index (χ3v) is 5.69. The number of aliphatic carboxylic acids is 1. The summed E-state index contributed by atoms with van der Waals surface area (Å²) in [6.45, 7) is 5.82. The zero-order valence-electron chi connectivity index (χ0n) is 16.3. The van der Waals surface area contributed by atoms with Crippen LogP contribution in [-0.4, -0.2) is 52.6 Å². The zero-order valence-corrected chi connectivity index (χ0v) is 19.4. The van der Waals surface area contributed by atoms with Gasteiger partial charge >= 0.3 is 5.97 Å². The molecule has 0 saturated carbocycles. The SMILES string of the molecule is C[C@@H]1CN(C(c2ccc(Cl)cc2)c2ccc(Cl)cc2)C[C@H](C)N1CC(=O)O.Cl.Cl.